The highest BCUT2D eigenvalue weighted by Gasteiger charge is 2.37. The van der Waals surface area contributed by atoms with Crippen LogP contribution in [0.5, 0.6) is 0 Å². The first-order valence-corrected chi connectivity index (χ1v) is 8.57. The molecule has 0 aliphatic heterocycles. The molecule has 0 aliphatic rings. The molecule has 0 spiro atoms. The smallest absolute Gasteiger partial charge is 0.386 e. The van der Waals surface area contributed by atoms with Gasteiger partial charge in [-0.2, -0.15) is 13.2 Å². The van der Waals surface area contributed by atoms with Crippen LogP contribution >= 0.6 is 15.9 Å². The van der Waals surface area contributed by atoms with Crippen molar-refractivity contribution in [1.29, 1.82) is 0 Å². The molecule has 0 bridgehead atoms. The summed E-state index contributed by atoms with van der Waals surface area (Å²) in [5.41, 5.74) is -0.163. The predicted molar refractivity (Wildman–Crippen MR) is 93.4 cm³/mol. The Balaban J connectivity index is 1.89. The Morgan fingerprint density at radius 2 is 1.85 bits per heavy atom. The van der Waals surface area contributed by atoms with E-state index in [4.69, 9.17) is 0 Å². The number of hydrogen-bond acceptors (Lipinski definition) is 3. The summed E-state index contributed by atoms with van der Waals surface area (Å²) in [6.07, 6.45) is -1.21. The minimum atomic E-state index is -4.65. The van der Waals surface area contributed by atoms with Crippen molar-refractivity contribution in [3.8, 4) is 0 Å². The number of halogens is 4. The van der Waals surface area contributed by atoms with Gasteiger partial charge in [-0.1, -0.05) is 34.1 Å². The van der Waals surface area contributed by atoms with Gasteiger partial charge in [-0.05, 0) is 23.8 Å². The van der Waals surface area contributed by atoms with Crippen LogP contribution in [-0.2, 0) is 19.1 Å². The van der Waals surface area contributed by atoms with Gasteiger partial charge in [-0.25, -0.2) is 9.97 Å². The van der Waals surface area contributed by atoms with Gasteiger partial charge in [-0.3, -0.25) is 0 Å². The second kappa shape index (κ2) is 7.59. The topological polar surface area (TPSA) is 50.9 Å². The van der Waals surface area contributed by atoms with Crippen LogP contribution in [0, 0.1) is 0 Å². The zero-order valence-electron chi connectivity index (χ0n) is 13.5. The molecule has 0 fully saturated rings. The molecule has 0 aliphatic carbocycles. The van der Waals surface area contributed by atoms with Crippen LogP contribution in [-0.4, -0.2) is 19.6 Å². The molecule has 1 aromatic carbocycles. The van der Waals surface area contributed by atoms with Crippen molar-refractivity contribution in [2.45, 2.75) is 25.2 Å². The number of imidazole rings is 1. The Morgan fingerprint density at radius 3 is 2.46 bits per heavy atom. The van der Waals surface area contributed by atoms with Crippen LogP contribution in [0.2, 0.25) is 0 Å². The van der Waals surface area contributed by atoms with Gasteiger partial charge in [0.05, 0.1) is 19.0 Å². The maximum Gasteiger partial charge on any atom is 0.433 e. The van der Waals surface area contributed by atoms with E-state index < -0.39 is 18.0 Å². The molecule has 3 rings (SSSR count). The third-order valence-corrected chi connectivity index (χ3v) is 4.38. The lowest BCUT2D eigenvalue weighted by molar-refractivity contribution is -0.143. The van der Waals surface area contributed by atoms with Crippen LogP contribution in [0.25, 0.3) is 0 Å². The highest BCUT2D eigenvalue weighted by atomic mass is 79.9. The Bertz CT molecular complexity index is 864. The Morgan fingerprint density at radius 1 is 1.12 bits per heavy atom. The average molecular weight is 426 g/mol. The second-order valence-electron chi connectivity index (χ2n) is 5.82. The number of pyridine rings is 1. The number of rotatable bonds is 5. The third-order valence-electron chi connectivity index (χ3n) is 3.85. The zero-order valence-corrected chi connectivity index (χ0v) is 15.1. The number of hydrogen-bond donors (Lipinski definition) is 1. The van der Waals surface area contributed by atoms with E-state index in [9.17, 15) is 18.3 Å². The largest absolute Gasteiger partial charge is 0.433 e. The number of benzene rings is 1. The number of aliphatic hydroxyl groups excluding tert-OH is 1. The molecular formula is C18H15BrF3N3O. The molecule has 1 N–H and O–H groups in total. The van der Waals surface area contributed by atoms with Crippen molar-refractivity contribution < 1.29 is 18.3 Å². The molecule has 3 aromatic rings. The molecule has 8 heteroatoms. The summed E-state index contributed by atoms with van der Waals surface area (Å²) in [6, 6.07) is 10.1. The van der Waals surface area contributed by atoms with Gasteiger partial charge in [0.1, 0.15) is 0 Å². The molecule has 2 aromatic heterocycles. The third kappa shape index (κ3) is 4.50. The van der Waals surface area contributed by atoms with E-state index in [1.165, 1.54) is 29.2 Å². The first-order valence-electron chi connectivity index (χ1n) is 7.78. The van der Waals surface area contributed by atoms with Crippen molar-refractivity contribution >= 4 is 15.9 Å². The fraction of sp³-hybridized carbons (Fsp3) is 0.222. The summed E-state index contributed by atoms with van der Waals surface area (Å²) in [6.45, 7) is -0.0309. The summed E-state index contributed by atoms with van der Waals surface area (Å²) in [5, 5.41) is 10.3. The van der Waals surface area contributed by atoms with E-state index in [1.54, 1.807) is 6.20 Å². The lowest BCUT2D eigenvalue weighted by Gasteiger charge is -2.18. The molecule has 136 valence electrons. The maximum absolute atomic E-state index is 13.5. The van der Waals surface area contributed by atoms with Crippen LogP contribution in [0.1, 0.15) is 28.6 Å². The molecule has 0 amide bonds. The lowest BCUT2D eigenvalue weighted by atomic mass is 10.0. The van der Waals surface area contributed by atoms with Gasteiger partial charge in [0.2, 0.25) is 0 Å². The van der Waals surface area contributed by atoms with Gasteiger partial charge >= 0.3 is 6.18 Å². The highest BCUT2D eigenvalue weighted by Crippen LogP contribution is 2.34. The molecule has 0 radical (unpaired) electrons. The van der Waals surface area contributed by atoms with E-state index in [1.807, 2.05) is 24.3 Å². The maximum atomic E-state index is 13.5. The Kier molecular flexibility index (Phi) is 5.43. The van der Waals surface area contributed by atoms with Crippen LogP contribution < -0.4 is 0 Å². The van der Waals surface area contributed by atoms with Crippen molar-refractivity contribution in [2.24, 2.45) is 0 Å². The van der Waals surface area contributed by atoms with Gasteiger partial charge in [0.25, 0.3) is 0 Å². The fourth-order valence-corrected chi connectivity index (χ4v) is 2.87. The van der Waals surface area contributed by atoms with Crippen molar-refractivity contribution in [2.75, 3.05) is 0 Å². The van der Waals surface area contributed by atoms with Crippen LogP contribution in [0.15, 0.2) is 59.6 Å². The Hall–Kier alpha value is -2.19. The molecule has 4 nitrogen and oxygen atoms in total. The molecule has 2 heterocycles. The minimum absolute atomic E-state index is 0.0309. The van der Waals surface area contributed by atoms with Gasteiger partial charge < -0.3 is 9.67 Å². The SMILES string of the molecule is OC(Cn1ccnc1)c1ccc(Cc2ccc(Br)cc2)nc1C(F)(F)F. The van der Waals surface area contributed by atoms with Crippen molar-refractivity contribution in [1.82, 2.24) is 14.5 Å². The first-order chi connectivity index (χ1) is 12.3. The molecular weight excluding hydrogens is 411 g/mol. The molecule has 1 unspecified atom stereocenters. The number of aromatic nitrogens is 3. The fourth-order valence-electron chi connectivity index (χ4n) is 2.61. The summed E-state index contributed by atoms with van der Waals surface area (Å²) >= 11 is 3.32. The number of nitrogens with zero attached hydrogens (tertiary/aromatic N) is 3. The molecule has 0 saturated heterocycles. The van der Waals surface area contributed by atoms with E-state index in [2.05, 4.69) is 25.9 Å². The summed E-state index contributed by atoms with van der Waals surface area (Å²) in [5.74, 6) is 0. The lowest BCUT2D eigenvalue weighted by Crippen LogP contribution is -2.18. The summed E-state index contributed by atoms with van der Waals surface area (Å²) < 4.78 is 42.8. The quantitative estimate of drug-likeness (QED) is 0.659. The van der Waals surface area contributed by atoms with E-state index >= 15 is 0 Å². The molecule has 1 atom stereocenters. The van der Waals surface area contributed by atoms with Gasteiger partial charge in [0, 0.05) is 34.5 Å². The van der Waals surface area contributed by atoms with Crippen molar-refractivity contribution in [3.05, 3.63) is 82.1 Å². The minimum Gasteiger partial charge on any atom is -0.386 e. The van der Waals surface area contributed by atoms with Crippen molar-refractivity contribution in [3.63, 3.8) is 0 Å². The number of alkyl halides is 3. The van der Waals surface area contributed by atoms with E-state index in [0.29, 0.717) is 5.69 Å². The monoisotopic (exact) mass is 425 g/mol. The van der Waals surface area contributed by atoms with E-state index in [0.717, 1.165) is 10.0 Å². The molecule has 0 saturated carbocycles. The standard InChI is InChI=1S/C18H15BrF3N3O/c19-13-3-1-12(2-4-13)9-14-5-6-15(17(24-14)18(20,21)22)16(26)10-25-8-7-23-11-25/h1-8,11,16,26H,9-10H2. The predicted octanol–water partition coefficient (Wildman–Crippen LogP) is 4.38. The normalized spacial score (nSPS) is 13.0. The van der Waals surface area contributed by atoms with Crippen LogP contribution in [0.4, 0.5) is 13.2 Å². The Labute approximate surface area is 156 Å². The van der Waals surface area contributed by atoms with Gasteiger partial charge in [-0.15, -0.1) is 0 Å². The summed E-state index contributed by atoms with van der Waals surface area (Å²) in [7, 11) is 0. The zero-order chi connectivity index (χ0) is 18.7. The summed E-state index contributed by atoms with van der Waals surface area (Å²) in [4.78, 5) is 7.61. The molecule has 26 heavy (non-hydrogen) atoms. The van der Waals surface area contributed by atoms with E-state index in [-0.39, 0.29) is 18.5 Å². The first kappa shape index (κ1) is 18.6. The highest BCUT2D eigenvalue weighted by molar-refractivity contribution is 9.10. The van der Waals surface area contributed by atoms with Gasteiger partial charge in [0.15, 0.2) is 5.69 Å². The second-order valence-corrected chi connectivity index (χ2v) is 6.73. The van der Waals surface area contributed by atoms with Crippen LogP contribution in [0.3, 0.4) is 0 Å². The number of aliphatic hydroxyl groups is 1. The average Bonchev–Trinajstić information content (AvgIpc) is 3.09.